The Labute approximate surface area is 163 Å². The van der Waals surface area contributed by atoms with Crippen molar-refractivity contribution in [1.82, 2.24) is 5.32 Å². The van der Waals surface area contributed by atoms with E-state index in [2.05, 4.69) is 17.5 Å². The Morgan fingerprint density at radius 1 is 1.14 bits per heavy atom. The minimum Gasteiger partial charge on any atom is -0.479 e. The molecule has 1 fully saturated rings. The summed E-state index contributed by atoms with van der Waals surface area (Å²) in [5.74, 6) is -3.63. The number of hydrogen-bond acceptors (Lipinski definition) is 6. The number of hydrogen-bond donors (Lipinski definition) is 5. The lowest BCUT2D eigenvalue weighted by Gasteiger charge is -2.20. The van der Waals surface area contributed by atoms with E-state index in [-0.39, 0.29) is 5.82 Å². The Kier molecular flexibility index (Phi) is 6.09. The molecule has 3 heterocycles. The van der Waals surface area contributed by atoms with Crippen LogP contribution in [0.1, 0.15) is 24.1 Å². The summed E-state index contributed by atoms with van der Waals surface area (Å²) in [6.45, 7) is 0. The molecule has 0 amide bonds. The molecular formula is C19H20FNO6S. The van der Waals surface area contributed by atoms with Gasteiger partial charge >= 0.3 is 11.9 Å². The van der Waals surface area contributed by atoms with E-state index in [4.69, 9.17) is 20.4 Å². The molecule has 4 rings (SSSR count). The SMILES string of the molecule is Fc1cccc2cc(C3=CC4CCC(C3)N4)sc12.O=C(O)C(O)C(O)C(=O)O. The third kappa shape index (κ3) is 4.39. The molecule has 2 aliphatic rings. The highest BCUT2D eigenvalue weighted by Gasteiger charge is 2.30. The second-order valence-corrected chi connectivity index (χ2v) is 7.83. The van der Waals surface area contributed by atoms with E-state index in [1.807, 2.05) is 6.07 Å². The van der Waals surface area contributed by atoms with Gasteiger partial charge in [0.1, 0.15) is 5.82 Å². The molecule has 150 valence electrons. The molecule has 28 heavy (non-hydrogen) atoms. The van der Waals surface area contributed by atoms with Crippen LogP contribution < -0.4 is 5.32 Å². The maximum atomic E-state index is 13.7. The van der Waals surface area contributed by atoms with Crippen LogP contribution in [0.5, 0.6) is 0 Å². The Morgan fingerprint density at radius 2 is 1.82 bits per heavy atom. The number of aliphatic hydroxyl groups is 2. The van der Waals surface area contributed by atoms with Crippen LogP contribution in [-0.4, -0.2) is 56.7 Å². The van der Waals surface area contributed by atoms with Crippen molar-refractivity contribution < 1.29 is 34.4 Å². The molecule has 2 aromatic rings. The standard InChI is InChI=1S/C15H14FNS.C4H6O6/c16-13-3-1-2-9-8-14(18-15(9)13)10-6-11-4-5-12(7-10)17-11;5-1(3(7)8)2(6)4(9)10/h1-3,6,8,11-12,17H,4-5,7H2;1-2,5-6H,(H,7,8)(H,9,10). The number of aliphatic hydroxyl groups excluding tert-OH is 2. The first-order valence-corrected chi connectivity index (χ1v) is 9.55. The van der Waals surface area contributed by atoms with E-state index in [1.165, 1.54) is 23.3 Å². The Hall–Kier alpha value is -2.33. The normalized spacial score (nSPS) is 22.8. The maximum Gasteiger partial charge on any atom is 0.335 e. The molecule has 1 saturated heterocycles. The fraction of sp³-hybridized carbons (Fsp3) is 0.368. The molecule has 2 aliphatic heterocycles. The number of benzene rings is 1. The molecule has 2 bridgehead atoms. The number of halogens is 1. The smallest absolute Gasteiger partial charge is 0.335 e. The first-order valence-electron chi connectivity index (χ1n) is 8.73. The van der Waals surface area contributed by atoms with E-state index in [9.17, 15) is 14.0 Å². The highest BCUT2D eigenvalue weighted by molar-refractivity contribution is 7.20. The summed E-state index contributed by atoms with van der Waals surface area (Å²) in [6.07, 6.45) is 1.41. The van der Waals surface area contributed by atoms with Crippen molar-refractivity contribution in [3.63, 3.8) is 0 Å². The van der Waals surface area contributed by atoms with Crippen molar-refractivity contribution in [2.45, 2.75) is 43.6 Å². The predicted molar refractivity (Wildman–Crippen MR) is 102 cm³/mol. The number of nitrogens with one attached hydrogen (secondary N) is 1. The number of carbonyl (C=O) groups is 2. The number of fused-ring (bicyclic) bond motifs is 3. The summed E-state index contributed by atoms with van der Waals surface area (Å²) in [7, 11) is 0. The molecule has 5 N–H and O–H groups in total. The minimum absolute atomic E-state index is 0.0961. The van der Waals surface area contributed by atoms with Gasteiger partial charge in [0.25, 0.3) is 0 Å². The van der Waals surface area contributed by atoms with E-state index < -0.39 is 24.1 Å². The molecular weight excluding hydrogens is 389 g/mol. The zero-order chi connectivity index (χ0) is 20.4. The average Bonchev–Trinajstić information content (AvgIpc) is 3.24. The van der Waals surface area contributed by atoms with Gasteiger partial charge in [0, 0.05) is 17.0 Å². The van der Waals surface area contributed by atoms with Crippen LogP contribution in [0.4, 0.5) is 4.39 Å². The van der Waals surface area contributed by atoms with Crippen molar-refractivity contribution in [1.29, 1.82) is 0 Å². The van der Waals surface area contributed by atoms with Crippen molar-refractivity contribution in [3.8, 4) is 0 Å². The number of carboxylic acids is 2. The third-order valence-corrected chi connectivity index (χ3v) is 6.00. The summed E-state index contributed by atoms with van der Waals surface area (Å²) in [6, 6.07) is 8.63. The Morgan fingerprint density at radius 3 is 2.39 bits per heavy atom. The van der Waals surface area contributed by atoms with Crippen molar-refractivity contribution >= 4 is 38.9 Å². The zero-order valence-electron chi connectivity index (χ0n) is 14.7. The molecule has 0 saturated carbocycles. The van der Waals surface area contributed by atoms with Gasteiger partial charge in [-0.15, -0.1) is 11.3 Å². The summed E-state index contributed by atoms with van der Waals surface area (Å²) in [5, 5.41) is 37.1. The highest BCUT2D eigenvalue weighted by Crippen LogP contribution is 2.38. The largest absolute Gasteiger partial charge is 0.479 e. The van der Waals surface area contributed by atoms with E-state index in [1.54, 1.807) is 23.5 Å². The van der Waals surface area contributed by atoms with Crippen LogP contribution in [0.15, 0.2) is 30.3 Å². The third-order valence-electron chi connectivity index (χ3n) is 4.76. The fourth-order valence-electron chi connectivity index (χ4n) is 3.36. The number of thiophene rings is 1. The van der Waals surface area contributed by atoms with Crippen LogP contribution in [0, 0.1) is 5.82 Å². The molecule has 0 spiro atoms. The van der Waals surface area contributed by atoms with Crippen molar-refractivity contribution in [3.05, 3.63) is 41.0 Å². The van der Waals surface area contributed by atoms with Crippen LogP contribution in [0.25, 0.3) is 15.7 Å². The molecule has 4 atom stereocenters. The molecule has 9 heteroatoms. The number of carboxylic acid groups (broad SMARTS) is 2. The lowest BCUT2D eigenvalue weighted by molar-refractivity contribution is -0.165. The first kappa shape index (κ1) is 20.4. The summed E-state index contributed by atoms with van der Waals surface area (Å²) >= 11 is 1.59. The predicted octanol–water partition coefficient (Wildman–Crippen LogP) is 1.83. The van der Waals surface area contributed by atoms with Crippen LogP contribution in [0.2, 0.25) is 0 Å². The molecule has 7 nitrogen and oxygen atoms in total. The van der Waals surface area contributed by atoms with Gasteiger partial charge in [0.05, 0.1) is 4.70 Å². The van der Waals surface area contributed by atoms with Crippen LogP contribution in [-0.2, 0) is 9.59 Å². The van der Waals surface area contributed by atoms with Crippen LogP contribution in [0.3, 0.4) is 0 Å². The van der Waals surface area contributed by atoms with E-state index >= 15 is 0 Å². The summed E-state index contributed by atoms with van der Waals surface area (Å²) < 4.78 is 14.5. The second-order valence-electron chi connectivity index (χ2n) is 6.78. The Bertz CT molecular complexity index is 908. The quantitative estimate of drug-likeness (QED) is 0.521. The molecule has 0 radical (unpaired) electrons. The first-order chi connectivity index (χ1) is 13.3. The molecule has 0 aliphatic carbocycles. The van der Waals surface area contributed by atoms with E-state index in [0.717, 1.165) is 16.5 Å². The number of rotatable bonds is 4. The molecule has 1 aromatic carbocycles. The van der Waals surface area contributed by atoms with Crippen LogP contribution >= 0.6 is 11.3 Å². The van der Waals surface area contributed by atoms with E-state index in [0.29, 0.717) is 12.1 Å². The van der Waals surface area contributed by atoms with Gasteiger partial charge in [0.2, 0.25) is 0 Å². The second kappa shape index (κ2) is 8.36. The van der Waals surface area contributed by atoms with Crippen molar-refractivity contribution in [2.75, 3.05) is 0 Å². The van der Waals surface area contributed by atoms with Gasteiger partial charge < -0.3 is 25.7 Å². The molecule has 1 aromatic heterocycles. The monoisotopic (exact) mass is 409 g/mol. The maximum absolute atomic E-state index is 13.7. The lowest BCUT2D eigenvalue weighted by atomic mass is 10.0. The minimum atomic E-state index is -2.27. The van der Waals surface area contributed by atoms with Gasteiger partial charge in [-0.1, -0.05) is 18.2 Å². The summed E-state index contributed by atoms with van der Waals surface area (Å²) in [5.41, 5.74) is 1.40. The lowest BCUT2D eigenvalue weighted by Crippen LogP contribution is -2.39. The summed E-state index contributed by atoms with van der Waals surface area (Å²) in [4.78, 5) is 20.8. The highest BCUT2D eigenvalue weighted by atomic mass is 32.1. The van der Waals surface area contributed by atoms with Crippen molar-refractivity contribution in [2.24, 2.45) is 0 Å². The van der Waals surface area contributed by atoms with Gasteiger partial charge in [-0.3, -0.25) is 0 Å². The van der Waals surface area contributed by atoms with Gasteiger partial charge in [-0.25, -0.2) is 14.0 Å². The fourth-order valence-corrected chi connectivity index (χ4v) is 4.46. The average molecular weight is 409 g/mol. The Balaban J connectivity index is 0.000000195. The molecule has 4 unspecified atom stereocenters. The van der Waals surface area contributed by atoms with Gasteiger partial charge in [0.15, 0.2) is 12.2 Å². The van der Waals surface area contributed by atoms with Gasteiger partial charge in [-0.2, -0.15) is 0 Å². The number of aliphatic carboxylic acids is 2. The topological polar surface area (TPSA) is 127 Å². The zero-order valence-corrected chi connectivity index (χ0v) is 15.5. The van der Waals surface area contributed by atoms with Gasteiger partial charge in [-0.05, 0) is 42.4 Å².